The second-order valence-electron chi connectivity index (χ2n) is 7.86. The molecule has 0 unspecified atom stereocenters. The van der Waals surface area contributed by atoms with Gasteiger partial charge in [0, 0.05) is 19.7 Å². The molecule has 0 fully saturated rings. The number of ether oxygens (including phenoxy) is 2. The zero-order chi connectivity index (χ0) is 25.8. The van der Waals surface area contributed by atoms with Gasteiger partial charge in [0.1, 0.15) is 12.4 Å². The van der Waals surface area contributed by atoms with Crippen LogP contribution >= 0.6 is 11.6 Å². The molecule has 0 aromatic heterocycles. The number of methoxy groups -OCH3 is 2. The van der Waals surface area contributed by atoms with Crippen molar-refractivity contribution in [2.45, 2.75) is 18.4 Å². The van der Waals surface area contributed by atoms with Crippen LogP contribution in [0.3, 0.4) is 0 Å². The topological polar surface area (TPSA) is 76.2 Å². The van der Waals surface area contributed by atoms with E-state index in [0.29, 0.717) is 5.75 Å². The molecule has 3 rings (SSSR count). The maximum Gasteiger partial charge on any atom is 0.264 e. The summed E-state index contributed by atoms with van der Waals surface area (Å²) in [6, 6.07) is 15.2. The van der Waals surface area contributed by atoms with E-state index in [2.05, 4.69) is 0 Å². The number of aryl methyl sites for hydroxylation is 1. The first kappa shape index (κ1) is 26.3. The minimum Gasteiger partial charge on any atom is -0.493 e. The zero-order valence-corrected chi connectivity index (χ0v) is 21.4. The Balaban J connectivity index is 1.98. The first-order chi connectivity index (χ1) is 16.6. The van der Waals surface area contributed by atoms with E-state index in [1.165, 1.54) is 49.5 Å². The van der Waals surface area contributed by atoms with Crippen LogP contribution < -0.4 is 13.8 Å². The lowest BCUT2D eigenvalue weighted by molar-refractivity contribution is -0.128. The van der Waals surface area contributed by atoms with E-state index in [1.807, 2.05) is 31.2 Å². The number of hydrogen-bond donors (Lipinski definition) is 0. The summed E-state index contributed by atoms with van der Waals surface area (Å²) < 4.78 is 52.5. The van der Waals surface area contributed by atoms with Gasteiger partial charge in [0.25, 0.3) is 10.0 Å². The summed E-state index contributed by atoms with van der Waals surface area (Å²) in [6.07, 6.45) is 0. The van der Waals surface area contributed by atoms with E-state index < -0.39 is 28.3 Å². The molecule has 0 bridgehead atoms. The molecule has 35 heavy (non-hydrogen) atoms. The molecule has 0 heterocycles. The molecule has 0 saturated heterocycles. The number of hydrogen-bond acceptors (Lipinski definition) is 5. The number of rotatable bonds is 9. The molecule has 10 heteroatoms. The van der Waals surface area contributed by atoms with Crippen molar-refractivity contribution >= 4 is 33.2 Å². The Morgan fingerprint density at radius 2 is 1.63 bits per heavy atom. The van der Waals surface area contributed by atoms with E-state index in [0.717, 1.165) is 21.5 Å². The van der Waals surface area contributed by atoms with Crippen molar-refractivity contribution in [3.05, 3.63) is 82.6 Å². The molecule has 0 aliphatic heterocycles. The minimum atomic E-state index is -4.28. The molecule has 3 aromatic rings. The summed E-state index contributed by atoms with van der Waals surface area (Å²) in [5.74, 6) is -0.623. The molecule has 0 atom stereocenters. The van der Waals surface area contributed by atoms with Crippen LogP contribution in [0.5, 0.6) is 11.5 Å². The molecule has 0 spiro atoms. The minimum absolute atomic E-state index is 0.0447. The van der Waals surface area contributed by atoms with Gasteiger partial charge in [-0.1, -0.05) is 41.4 Å². The van der Waals surface area contributed by atoms with Crippen molar-refractivity contribution in [3.8, 4) is 11.5 Å². The molecule has 0 N–H and O–H groups in total. The number of anilines is 1. The third kappa shape index (κ3) is 6.04. The average molecular weight is 521 g/mol. The van der Waals surface area contributed by atoms with Crippen LogP contribution in [0.2, 0.25) is 5.02 Å². The lowest BCUT2D eigenvalue weighted by atomic mass is 10.1. The maximum atomic E-state index is 13.8. The van der Waals surface area contributed by atoms with E-state index in [-0.39, 0.29) is 27.9 Å². The Bertz CT molecular complexity index is 1320. The van der Waals surface area contributed by atoms with Gasteiger partial charge in [0.15, 0.2) is 11.5 Å². The number of benzene rings is 3. The Kier molecular flexibility index (Phi) is 8.24. The van der Waals surface area contributed by atoms with Crippen molar-refractivity contribution in [1.82, 2.24) is 4.90 Å². The zero-order valence-electron chi connectivity index (χ0n) is 19.8. The van der Waals surface area contributed by atoms with Crippen LogP contribution in [0, 0.1) is 12.7 Å². The van der Waals surface area contributed by atoms with Crippen LogP contribution in [-0.2, 0) is 21.4 Å². The molecular weight excluding hydrogens is 495 g/mol. The number of carbonyl (C=O) groups excluding carboxylic acids is 1. The smallest absolute Gasteiger partial charge is 0.264 e. The fourth-order valence-corrected chi connectivity index (χ4v) is 4.96. The summed E-state index contributed by atoms with van der Waals surface area (Å²) in [5, 5.41) is -0.268. The van der Waals surface area contributed by atoms with Crippen LogP contribution in [-0.4, -0.2) is 47.0 Å². The maximum absolute atomic E-state index is 13.8. The lowest BCUT2D eigenvalue weighted by Crippen LogP contribution is -2.41. The number of carbonyl (C=O) groups is 1. The van der Waals surface area contributed by atoms with Gasteiger partial charge in [-0.25, -0.2) is 12.8 Å². The predicted octanol–water partition coefficient (Wildman–Crippen LogP) is 4.66. The molecule has 1 amide bonds. The third-order valence-corrected chi connectivity index (χ3v) is 7.44. The van der Waals surface area contributed by atoms with Gasteiger partial charge in [0.05, 0.1) is 29.8 Å². The van der Waals surface area contributed by atoms with Gasteiger partial charge >= 0.3 is 0 Å². The molecule has 3 aromatic carbocycles. The Morgan fingerprint density at radius 3 is 2.23 bits per heavy atom. The van der Waals surface area contributed by atoms with E-state index >= 15 is 0 Å². The summed E-state index contributed by atoms with van der Waals surface area (Å²) in [7, 11) is 0.121. The molecule has 0 saturated carbocycles. The molecule has 0 radical (unpaired) electrons. The largest absolute Gasteiger partial charge is 0.493 e. The molecule has 0 aliphatic rings. The van der Waals surface area contributed by atoms with Gasteiger partial charge < -0.3 is 14.4 Å². The summed E-state index contributed by atoms with van der Waals surface area (Å²) in [4.78, 5) is 14.4. The molecule has 7 nitrogen and oxygen atoms in total. The van der Waals surface area contributed by atoms with Gasteiger partial charge in [-0.05, 0) is 42.8 Å². The Morgan fingerprint density at radius 1 is 0.971 bits per heavy atom. The summed E-state index contributed by atoms with van der Waals surface area (Å²) in [5.41, 5.74) is 2.02. The van der Waals surface area contributed by atoms with Crippen molar-refractivity contribution in [2.75, 3.05) is 32.1 Å². The van der Waals surface area contributed by atoms with Crippen LogP contribution in [0.1, 0.15) is 11.1 Å². The molecular formula is C25H26ClFN2O5S. The Labute approximate surface area is 209 Å². The second-order valence-corrected chi connectivity index (χ2v) is 10.1. The predicted molar refractivity (Wildman–Crippen MR) is 133 cm³/mol. The number of likely N-dealkylation sites (N-methyl/N-ethyl adjacent to an activating group) is 1. The van der Waals surface area contributed by atoms with Crippen LogP contribution in [0.4, 0.5) is 10.1 Å². The standard InChI is InChI=1S/C25H26ClFN2O5S/c1-17-5-7-18(8-6-17)15-28(2)25(30)16-29(19-9-11-22(27)21(26)13-19)35(31,32)20-10-12-23(33-3)24(14-20)34-4/h5-14H,15-16H2,1-4H3. The van der Waals surface area contributed by atoms with E-state index in [1.54, 1.807) is 7.05 Å². The molecule has 186 valence electrons. The summed E-state index contributed by atoms with van der Waals surface area (Å²) >= 11 is 5.93. The quantitative estimate of drug-likeness (QED) is 0.410. The van der Waals surface area contributed by atoms with E-state index in [9.17, 15) is 17.6 Å². The number of nitrogens with zero attached hydrogens (tertiary/aromatic N) is 2. The molecule has 0 aliphatic carbocycles. The number of amides is 1. The normalized spacial score (nSPS) is 11.1. The fourth-order valence-electron chi connectivity index (χ4n) is 3.36. The average Bonchev–Trinajstić information content (AvgIpc) is 2.84. The van der Waals surface area contributed by atoms with Crippen molar-refractivity contribution in [2.24, 2.45) is 0 Å². The highest BCUT2D eigenvalue weighted by molar-refractivity contribution is 7.92. The Hall–Kier alpha value is -3.30. The van der Waals surface area contributed by atoms with Gasteiger partial charge in [-0.15, -0.1) is 0 Å². The van der Waals surface area contributed by atoms with Crippen molar-refractivity contribution in [1.29, 1.82) is 0 Å². The highest BCUT2D eigenvalue weighted by atomic mass is 35.5. The highest BCUT2D eigenvalue weighted by Gasteiger charge is 2.30. The van der Waals surface area contributed by atoms with E-state index in [4.69, 9.17) is 21.1 Å². The van der Waals surface area contributed by atoms with Crippen LogP contribution in [0.15, 0.2) is 65.6 Å². The second kappa shape index (κ2) is 11.0. The first-order valence-corrected chi connectivity index (χ1v) is 12.4. The first-order valence-electron chi connectivity index (χ1n) is 10.6. The van der Waals surface area contributed by atoms with Crippen molar-refractivity contribution in [3.63, 3.8) is 0 Å². The van der Waals surface area contributed by atoms with Gasteiger partial charge in [-0.2, -0.15) is 0 Å². The fraction of sp³-hybridized carbons (Fsp3) is 0.240. The monoisotopic (exact) mass is 520 g/mol. The summed E-state index contributed by atoms with van der Waals surface area (Å²) in [6.45, 7) is 1.72. The van der Waals surface area contributed by atoms with Gasteiger partial charge in [-0.3, -0.25) is 9.10 Å². The SMILES string of the molecule is COc1ccc(S(=O)(=O)N(CC(=O)N(C)Cc2ccc(C)cc2)c2ccc(F)c(Cl)c2)cc1OC. The number of halogens is 2. The lowest BCUT2D eigenvalue weighted by Gasteiger charge is -2.27. The third-order valence-electron chi connectivity index (χ3n) is 5.38. The van der Waals surface area contributed by atoms with Crippen LogP contribution in [0.25, 0.3) is 0 Å². The van der Waals surface area contributed by atoms with Crippen molar-refractivity contribution < 1.29 is 27.1 Å². The van der Waals surface area contributed by atoms with Gasteiger partial charge in [0.2, 0.25) is 5.91 Å². The highest BCUT2D eigenvalue weighted by Crippen LogP contribution is 2.33. The number of sulfonamides is 1.